The molecule has 16 heavy (non-hydrogen) atoms. The molecule has 0 aliphatic rings. The Morgan fingerprint density at radius 3 is 1.25 bits per heavy atom. The van der Waals surface area contributed by atoms with E-state index >= 15 is 0 Å². The molecule has 0 unspecified atom stereocenters. The van der Waals surface area contributed by atoms with Gasteiger partial charge >= 0.3 is 29.6 Å². The van der Waals surface area contributed by atoms with E-state index in [1.54, 1.807) is 60.7 Å². The first-order valence-corrected chi connectivity index (χ1v) is 6.05. The third-order valence-electron chi connectivity index (χ3n) is 2.11. The van der Waals surface area contributed by atoms with E-state index in [2.05, 4.69) is 0 Å². The Labute approximate surface area is 118 Å². The summed E-state index contributed by atoms with van der Waals surface area (Å²) in [5.41, 5.74) is 0. The van der Waals surface area contributed by atoms with Gasteiger partial charge in [-0.2, -0.15) is 0 Å². The van der Waals surface area contributed by atoms with Crippen LogP contribution in [0, 0.1) is 0 Å². The van der Waals surface area contributed by atoms with Crippen LogP contribution >= 0.6 is 0 Å². The van der Waals surface area contributed by atoms with Crippen LogP contribution in [0.25, 0.3) is 0 Å². The Hall–Kier alpha value is -0.610. The third-order valence-corrected chi connectivity index (χ3v) is 3.89. The van der Waals surface area contributed by atoms with Crippen LogP contribution in [0.4, 0.5) is 0 Å². The molecule has 0 saturated carbocycles. The number of hydrogen-bond donors (Lipinski definition) is 0. The van der Waals surface area contributed by atoms with E-state index in [0.29, 0.717) is 9.79 Å². The van der Waals surface area contributed by atoms with Crippen LogP contribution in [0.3, 0.4) is 0 Å². The van der Waals surface area contributed by atoms with Crippen LogP contribution < -0.4 is 0 Å². The molecule has 0 aromatic heterocycles. The molecule has 0 spiro atoms. The normalized spacial score (nSPS) is 10.5. The number of benzene rings is 2. The average molecular weight is 242 g/mol. The molecule has 2 aromatic carbocycles. The minimum absolute atomic E-state index is 0. The molecule has 2 aromatic rings. The molecule has 0 bridgehead atoms. The molecule has 4 heteroatoms. The van der Waals surface area contributed by atoms with Gasteiger partial charge in [0.2, 0.25) is 9.84 Å². The quantitative estimate of drug-likeness (QED) is 0.753. The predicted molar refractivity (Wildman–Crippen MR) is 65.5 cm³/mol. The van der Waals surface area contributed by atoms with E-state index < -0.39 is 9.84 Å². The van der Waals surface area contributed by atoms with Gasteiger partial charge in [-0.3, -0.25) is 0 Å². The molecule has 0 saturated heterocycles. The zero-order valence-electron chi connectivity index (χ0n) is 8.00. The fourth-order valence-electron chi connectivity index (χ4n) is 1.34. The summed E-state index contributed by atoms with van der Waals surface area (Å²) >= 11 is 0. The first kappa shape index (κ1) is 13.5. The standard InChI is InChI=1S/C12H10O2S.Na.H/c13-15(14,11-7-3-1-4-8-11)12-9-5-2-6-10-12;;/h1-10H;;. The molecular formula is C12H11NaO2S. The second-order valence-electron chi connectivity index (χ2n) is 3.13. The van der Waals surface area contributed by atoms with Crippen molar-refractivity contribution < 1.29 is 8.42 Å². The minimum atomic E-state index is -3.34. The Bertz CT molecular complexity index is 490. The van der Waals surface area contributed by atoms with E-state index in [-0.39, 0.29) is 29.6 Å². The summed E-state index contributed by atoms with van der Waals surface area (Å²) in [5, 5.41) is 0. The maximum atomic E-state index is 12.0. The summed E-state index contributed by atoms with van der Waals surface area (Å²) < 4.78 is 24.1. The van der Waals surface area contributed by atoms with Gasteiger partial charge in [0, 0.05) is 0 Å². The molecule has 2 rings (SSSR count). The zero-order valence-corrected chi connectivity index (χ0v) is 8.81. The molecule has 0 heterocycles. The Balaban J connectivity index is 0.00000128. The van der Waals surface area contributed by atoms with Crippen molar-refractivity contribution in [3.05, 3.63) is 60.7 Å². The third kappa shape index (κ3) is 2.74. The number of rotatable bonds is 2. The van der Waals surface area contributed by atoms with Crippen LogP contribution in [-0.4, -0.2) is 38.0 Å². The second-order valence-corrected chi connectivity index (χ2v) is 5.08. The van der Waals surface area contributed by atoms with Crippen molar-refractivity contribution in [3.8, 4) is 0 Å². The van der Waals surface area contributed by atoms with Gasteiger partial charge in [0.05, 0.1) is 9.79 Å². The summed E-state index contributed by atoms with van der Waals surface area (Å²) in [7, 11) is -3.34. The Morgan fingerprint density at radius 2 is 0.938 bits per heavy atom. The monoisotopic (exact) mass is 242 g/mol. The fraction of sp³-hybridized carbons (Fsp3) is 0. The van der Waals surface area contributed by atoms with Crippen molar-refractivity contribution in [2.45, 2.75) is 9.79 Å². The van der Waals surface area contributed by atoms with Gasteiger partial charge in [-0.1, -0.05) is 36.4 Å². The summed E-state index contributed by atoms with van der Waals surface area (Å²) in [6.45, 7) is 0. The van der Waals surface area contributed by atoms with Crippen LogP contribution in [0.1, 0.15) is 0 Å². The average Bonchev–Trinajstić information content (AvgIpc) is 2.31. The molecule has 0 aliphatic carbocycles. The molecule has 78 valence electrons. The molecule has 0 radical (unpaired) electrons. The summed E-state index contributed by atoms with van der Waals surface area (Å²) in [6.07, 6.45) is 0. The zero-order chi connectivity index (χ0) is 10.7. The van der Waals surface area contributed by atoms with Crippen LogP contribution in [-0.2, 0) is 9.84 Å². The van der Waals surface area contributed by atoms with Crippen molar-refractivity contribution in [1.82, 2.24) is 0 Å². The van der Waals surface area contributed by atoms with Gasteiger partial charge in [0.25, 0.3) is 0 Å². The molecule has 2 nitrogen and oxygen atoms in total. The van der Waals surface area contributed by atoms with Crippen molar-refractivity contribution in [3.63, 3.8) is 0 Å². The maximum absolute atomic E-state index is 12.0. The van der Waals surface area contributed by atoms with Crippen molar-refractivity contribution in [2.75, 3.05) is 0 Å². The second kappa shape index (κ2) is 5.64. The van der Waals surface area contributed by atoms with Crippen molar-refractivity contribution in [2.24, 2.45) is 0 Å². The predicted octanol–water partition coefficient (Wildman–Crippen LogP) is 1.87. The van der Waals surface area contributed by atoms with E-state index in [4.69, 9.17) is 0 Å². The fourth-order valence-corrected chi connectivity index (χ4v) is 2.64. The van der Waals surface area contributed by atoms with E-state index in [0.717, 1.165) is 0 Å². The topological polar surface area (TPSA) is 34.1 Å². The van der Waals surface area contributed by atoms with Crippen LogP contribution in [0.15, 0.2) is 70.5 Å². The SMILES string of the molecule is O=S(=O)(c1ccccc1)c1ccccc1.[NaH]. The van der Waals surface area contributed by atoms with Crippen molar-refractivity contribution in [1.29, 1.82) is 0 Å². The van der Waals surface area contributed by atoms with Gasteiger partial charge in [0.1, 0.15) is 0 Å². The van der Waals surface area contributed by atoms with E-state index in [1.807, 2.05) is 0 Å². The Kier molecular flexibility index (Phi) is 4.74. The Morgan fingerprint density at radius 1 is 0.625 bits per heavy atom. The van der Waals surface area contributed by atoms with E-state index in [9.17, 15) is 8.42 Å². The molecule has 0 amide bonds. The van der Waals surface area contributed by atoms with Gasteiger partial charge in [-0.15, -0.1) is 0 Å². The molecule has 0 aliphatic heterocycles. The van der Waals surface area contributed by atoms with Crippen molar-refractivity contribution >= 4 is 39.4 Å². The first-order valence-electron chi connectivity index (χ1n) is 4.56. The molecule has 0 atom stereocenters. The van der Waals surface area contributed by atoms with E-state index in [1.165, 1.54) is 0 Å². The van der Waals surface area contributed by atoms with Gasteiger partial charge in [0.15, 0.2) is 0 Å². The summed E-state index contributed by atoms with van der Waals surface area (Å²) in [4.78, 5) is 0.660. The first-order chi connectivity index (χ1) is 7.21. The molecular weight excluding hydrogens is 231 g/mol. The summed E-state index contributed by atoms with van der Waals surface area (Å²) in [6, 6.07) is 16.9. The van der Waals surface area contributed by atoms with Crippen LogP contribution in [0.5, 0.6) is 0 Å². The van der Waals surface area contributed by atoms with Gasteiger partial charge in [-0.05, 0) is 24.3 Å². The molecule has 0 fully saturated rings. The van der Waals surface area contributed by atoms with Gasteiger partial charge in [-0.25, -0.2) is 8.42 Å². The number of hydrogen-bond acceptors (Lipinski definition) is 2. The molecule has 0 N–H and O–H groups in total. The number of sulfone groups is 1. The van der Waals surface area contributed by atoms with Gasteiger partial charge < -0.3 is 0 Å². The van der Waals surface area contributed by atoms with Crippen LogP contribution in [0.2, 0.25) is 0 Å². The summed E-state index contributed by atoms with van der Waals surface area (Å²) in [5.74, 6) is 0.